The zero-order valence-corrected chi connectivity index (χ0v) is 24.6. The van der Waals surface area contributed by atoms with Crippen molar-refractivity contribution in [1.82, 2.24) is 16.0 Å². The number of likely N-dealkylation sites (N-methyl/N-ethyl adjacent to an activating group) is 1. The average Bonchev–Trinajstić information content (AvgIpc) is 2.95. The van der Waals surface area contributed by atoms with Crippen LogP contribution in [0.4, 0.5) is 0 Å². The zero-order chi connectivity index (χ0) is 32.1. The molecule has 2 fully saturated rings. The Bertz CT molecular complexity index is 945. The van der Waals surface area contributed by atoms with Gasteiger partial charge < -0.3 is 83.1 Å². The van der Waals surface area contributed by atoms with Crippen LogP contribution < -0.4 is 33.2 Å². The second-order valence-electron chi connectivity index (χ2n) is 11.7. The van der Waals surface area contributed by atoms with Crippen LogP contribution in [-0.2, 0) is 19.0 Å². The van der Waals surface area contributed by atoms with Gasteiger partial charge in [-0.05, 0) is 52.9 Å². The van der Waals surface area contributed by atoms with Crippen molar-refractivity contribution in [2.24, 2.45) is 23.1 Å². The smallest absolute Gasteiger partial charge is 0.249 e. The lowest BCUT2D eigenvalue weighted by molar-refractivity contribution is -0.299. The first-order valence-corrected chi connectivity index (χ1v) is 14.6. The number of nitrogens with two attached hydrogens (primary N) is 3. The van der Waals surface area contributed by atoms with Crippen LogP contribution in [-0.4, -0.2) is 154 Å². The summed E-state index contributed by atoms with van der Waals surface area (Å²) in [5.41, 5.74) is 16.0. The third-order valence-electron chi connectivity index (χ3n) is 8.40. The number of amides is 1. The van der Waals surface area contributed by atoms with E-state index in [-0.39, 0.29) is 32.5 Å². The minimum absolute atomic E-state index is 0.0252. The Balaban J connectivity index is 1.89. The second-order valence-corrected chi connectivity index (χ2v) is 11.7. The fraction of sp³-hybridized carbons (Fsp3) is 0.885. The van der Waals surface area contributed by atoms with Crippen molar-refractivity contribution in [1.29, 1.82) is 0 Å². The van der Waals surface area contributed by atoms with E-state index in [4.69, 9.17) is 31.4 Å². The van der Waals surface area contributed by atoms with Crippen LogP contribution in [0, 0.1) is 5.92 Å². The lowest BCUT2D eigenvalue weighted by Gasteiger charge is -2.50. The predicted octanol–water partition coefficient (Wildman–Crippen LogP) is -5.28. The molecule has 0 aromatic carbocycles. The highest BCUT2D eigenvalue weighted by atomic mass is 16.7. The summed E-state index contributed by atoms with van der Waals surface area (Å²) in [6.07, 6.45) is -10.8. The predicted molar refractivity (Wildman–Crippen MR) is 151 cm³/mol. The molecule has 0 bridgehead atoms. The van der Waals surface area contributed by atoms with Crippen molar-refractivity contribution in [2.45, 2.75) is 98.9 Å². The minimum atomic E-state index is -1.76. The monoisotopic (exact) mass is 622 g/mol. The Morgan fingerprint density at radius 2 is 1.86 bits per heavy atom. The van der Waals surface area contributed by atoms with Crippen molar-refractivity contribution in [3.8, 4) is 0 Å². The van der Waals surface area contributed by atoms with Crippen LogP contribution in [0.15, 0.2) is 11.5 Å². The Morgan fingerprint density at radius 1 is 1.16 bits per heavy atom. The number of carbonyl (C=O) groups excluding carboxylic acids is 1. The fourth-order valence-electron chi connectivity index (χ4n) is 6.04. The Labute approximate surface area is 250 Å². The maximum Gasteiger partial charge on any atom is 0.249 e. The highest BCUT2D eigenvalue weighted by Crippen LogP contribution is 2.38. The van der Waals surface area contributed by atoms with Gasteiger partial charge in [-0.1, -0.05) is 0 Å². The molecule has 2 aliphatic heterocycles. The van der Waals surface area contributed by atoms with Gasteiger partial charge in [0.1, 0.15) is 36.1 Å². The topological polar surface area (TPSA) is 301 Å². The molecule has 1 amide bonds. The molecule has 13 atom stereocenters. The number of hydrogen-bond donors (Lipinski definition) is 13. The van der Waals surface area contributed by atoms with E-state index in [9.17, 15) is 40.5 Å². The molecule has 17 nitrogen and oxygen atoms in total. The molecule has 16 N–H and O–H groups in total. The molecular weight excluding hydrogens is 572 g/mol. The van der Waals surface area contributed by atoms with Crippen LogP contribution in [0.25, 0.3) is 0 Å². The van der Waals surface area contributed by atoms with Crippen molar-refractivity contribution < 1.29 is 54.8 Å². The summed E-state index contributed by atoms with van der Waals surface area (Å²) in [6.45, 7) is 2.27. The lowest BCUT2D eigenvalue weighted by Crippen LogP contribution is -2.69. The molecular formula is C26H50N6O11. The Kier molecular flexibility index (Phi) is 12.9. The molecule has 0 aromatic rings. The molecule has 43 heavy (non-hydrogen) atoms. The largest absolute Gasteiger partial charge is 0.506 e. The van der Waals surface area contributed by atoms with E-state index >= 15 is 0 Å². The van der Waals surface area contributed by atoms with Crippen LogP contribution in [0.3, 0.4) is 0 Å². The van der Waals surface area contributed by atoms with Gasteiger partial charge in [-0.3, -0.25) is 4.79 Å². The highest BCUT2D eigenvalue weighted by molar-refractivity contribution is 5.80. The summed E-state index contributed by atoms with van der Waals surface area (Å²) in [4.78, 5) is 12.7. The number of nitrogens with one attached hydrogen (secondary N) is 3. The first-order chi connectivity index (χ1) is 20.3. The van der Waals surface area contributed by atoms with E-state index < -0.39 is 96.1 Å². The Hall–Kier alpha value is -1.71. The molecule has 0 spiro atoms. The van der Waals surface area contributed by atoms with E-state index in [1.165, 1.54) is 14.0 Å². The van der Waals surface area contributed by atoms with Crippen molar-refractivity contribution >= 4 is 5.91 Å². The fourth-order valence-corrected chi connectivity index (χ4v) is 6.04. The summed E-state index contributed by atoms with van der Waals surface area (Å²) >= 11 is 0. The van der Waals surface area contributed by atoms with E-state index in [1.54, 1.807) is 0 Å². The number of ether oxygens (including phenoxy) is 3. The number of hydrogen-bond acceptors (Lipinski definition) is 16. The molecule has 1 aliphatic carbocycles. The van der Waals surface area contributed by atoms with Gasteiger partial charge in [0, 0.05) is 18.5 Å². The zero-order valence-electron chi connectivity index (χ0n) is 24.6. The highest BCUT2D eigenvalue weighted by Gasteiger charge is 2.55. The third-order valence-corrected chi connectivity index (χ3v) is 8.40. The number of rotatable bonds is 13. The van der Waals surface area contributed by atoms with Gasteiger partial charge in [0.05, 0.1) is 30.9 Å². The van der Waals surface area contributed by atoms with Crippen LogP contribution in [0.2, 0.25) is 0 Å². The molecule has 3 rings (SSSR count). The van der Waals surface area contributed by atoms with Crippen molar-refractivity contribution in [2.75, 3.05) is 39.8 Å². The van der Waals surface area contributed by atoms with E-state index in [0.717, 1.165) is 0 Å². The van der Waals surface area contributed by atoms with Crippen molar-refractivity contribution in [3.63, 3.8) is 0 Å². The maximum atomic E-state index is 12.7. The number of aliphatic hydroxyl groups excluding tert-OH is 6. The lowest BCUT2D eigenvalue weighted by atomic mass is 9.72. The number of carbonyl (C=O) groups is 1. The molecule has 2 heterocycles. The molecule has 0 radical (unpaired) electrons. The summed E-state index contributed by atoms with van der Waals surface area (Å²) in [5.74, 6) is -3.21. The third kappa shape index (κ3) is 8.12. The van der Waals surface area contributed by atoms with Gasteiger partial charge in [-0.15, -0.1) is 0 Å². The van der Waals surface area contributed by atoms with E-state index in [0.29, 0.717) is 19.5 Å². The maximum absolute atomic E-state index is 12.7. The van der Waals surface area contributed by atoms with Gasteiger partial charge in [0.25, 0.3) is 0 Å². The average molecular weight is 623 g/mol. The molecule has 1 saturated heterocycles. The normalized spacial score (nSPS) is 41.2. The second kappa shape index (κ2) is 15.5. The van der Waals surface area contributed by atoms with Gasteiger partial charge in [0.2, 0.25) is 5.91 Å². The number of aliphatic hydroxyl groups is 7. The first-order valence-electron chi connectivity index (χ1n) is 14.6. The summed E-state index contributed by atoms with van der Waals surface area (Å²) in [6, 6.07) is -2.85. The van der Waals surface area contributed by atoms with Crippen LogP contribution in [0.5, 0.6) is 0 Å². The molecule has 1 unspecified atom stereocenters. The van der Waals surface area contributed by atoms with Gasteiger partial charge in [0.15, 0.2) is 17.8 Å². The quantitative estimate of drug-likeness (QED) is 0.0853. The Morgan fingerprint density at radius 3 is 2.49 bits per heavy atom. The minimum Gasteiger partial charge on any atom is -0.506 e. The van der Waals surface area contributed by atoms with Crippen molar-refractivity contribution in [3.05, 3.63) is 11.5 Å². The van der Waals surface area contributed by atoms with Gasteiger partial charge in [-0.2, -0.15) is 0 Å². The first kappa shape index (κ1) is 35.8. The molecule has 3 aliphatic rings. The summed E-state index contributed by atoms with van der Waals surface area (Å²) < 4.78 is 17.7. The molecule has 1 saturated carbocycles. The molecule has 0 aromatic heterocycles. The van der Waals surface area contributed by atoms with Gasteiger partial charge in [-0.25, -0.2) is 0 Å². The van der Waals surface area contributed by atoms with Gasteiger partial charge >= 0.3 is 0 Å². The van der Waals surface area contributed by atoms with E-state index in [2.05, 4.69) is 16.0 Å². The summed E-state index contributed by atoms with van der Waals surface area (Å²) in [7, 11) is 1.54. The molecule has 250 valence electrons. The SMILES string of the molecule is CN[C@@H]1[C@@H](O)[C@@H](O[C@H]2[C@H](NC(=O)[C@@H](O)CCN)C[C@H](N)C([C@H]3O[C@H](CNCCCN)C(O)=C(O)[C@H]3O)[C@@H]2O)OC[C@]1(C)O. The summed E-state index contributed by atoms with van der Waals surface area (Å²) in [5, 5.41) is 83.9. The van der Waals surface area contributed by atoms with E-state index in [1.807, 2.05) is 0 Å². The van der Waals surface area contributed by atoms with Crippen LogP contribution >= 0.6 is 0 Å². The molecule has 17 heteroatoms. The van der Waals surface area contributed by atoms with Crippen LogP contribution in [0.1, 0.15) is 26.2 Å². The standard InChI is InChI=1S/C26H50N6O11/c1-26(40)10-41-25(20(38)23(26)30-2)43-21-12(32-24(39)13(33)4-6-28)8-11(29)15(17(21)35)22-19(37)18(36)16(34)14(42-22)9-31-7-3-5-27/h11-15,17,19-23,25,30-31,33-38,40H,3-10,27-29H2,1-2H3,(H,32,39)/t11-,12+,13-,14+,15?,17-,19+,20+,21-,22+,23+,25+,26-/m0/s1.